The Labute approximate surface area is 126 Å². The zero-order valence-electron chi connectivity index (χ0n) is 13.1. The number of nitrogen functional groups attached to an aromatic ring is 1. The quantitative estimate of drug-likeness (QED) is 0.724. The standard InChI is InChI=1S/C14H23N3O3S/c1-9-6-7-11(15)10(2)13(9)21(19,20)16-8-12(18)17-14(3,4)5/h6-7,16H,8,15H2,1-5H3,(H,17,18). The number of carbonyl (C=O) groups excluding carboxylic acids is 1. The fourth-order valence-electron chi connectivity index (χ4n) is 1.95. The maximum Gasteiger partial charge on any atom is 0.241 e. The van der Waals surface area contributed by atoms with Crippen LogP contribution < -0.4 is 15.8 Å². The molecule has 7 heteroatoms. The molecule has 0 aliphatic heterocycles. The van der Waals surface area contributed by atoms with Gasteiger partial charge in [0, 0.05) is 11.2 Å². The third-order valence-electron chi connectivity index (χ3n) is 2.85. The molecule has 0 heterocycles. The zero-order valence-corrected chi connectivity index (χ0v) is 13.9. The number of aryl methyl sites for hydroxylation is 1. The topological polar surface area (TPSA) is 101 Å². The van der Waals surface area contributed by atoms with E-state index in [1.54, 1.807) is 26.0 Å². The third kappa shape index (κ3) is 4.71. The molecule has 0 spiro atoms. The Morgan fingerprint density at radius 1 is 1.24 bits per heavy atom. The van der Waals surface area contributed by atoms with Crippen molar-refractivity contribution in [3.63, 3.8) is 0 Å². The van der Waals surface area contributed by atoms with E-state index in [-0.39, 0.29) is 17.3 Å². The molecule has 4 N–H and O–H groups in total. The highest BCUT2D eigenvalue weighted by atomic mass is 32.2. The van der Waals surface area contributed by atoms with E-state index in [4.69, 9.17) is 5.73 Å². The summed E-state index contributed by atoms with van der Waals surface area (Å²) in [5.74, 6) is -0.384. The molecule has 0 saturated heterocycles. The van der Waals surface area contributed by atoms with E-state index in [0.29, 0.717) is 16.8 Å². The average molecular weight is 313 g/mol. The van der Waals surface area contributed by atoms with Crippen molar-refractivity contribution in [2.24, 2.45) is 0 Å². The number of carbonyl (C=O) groups is 1. The summed E-state index contributed by atoms with van der Waals surface area (Å²) in [4.78, 5) is 11.8. The summed E-state index contributed by atoms with van der Waals surface area (Å²) in [7, 11) is -3.79. The van der Waals surface area contributed by atoms with E-state index < -0.39 is 15.6 Å². The number of nitrogens with two attached hydrogens (primary N) is 1. The van der Waals surface area contributed by atoms with Gasteiger partial charge in [0.25, 0.3) is 0 Å². The first kappa shape index (κ1) is 17.5. The van der Waals surface area contributed by atoms with Gasteiger partial charge in [-0.3, -0.25) is 4.79 Å². The number of nitrogens with one attached hydrogen (secondary N) is 2. The number of anilines is 1. The monoisotopic (exact) mass is 313 g/mol. The normalized spacial score (nSPS) is 12.2. The molecule has 1 amide bonds. The van der Waals surface area contributed by atoms with Crippen LogP contribution in [0.4, 0.5) is 5.69 Å². The molecule has 0 aromatic heterocycles. The van der Waals surface area contributed by atoms with Gasteiger partial charge >= 0.3 is 0 Å². The van der Waals surface area contributed by atoms with Crippen molar-refractivity contribution in [2.45, 2.75) is 45.1 Å². The molecule has 1 aromatic rings. The predicted molar refractivity (Wildman–Crippen MR) is 83.4 cm³/mol. The second-order valence-electron chi connectivity index (χ2n) is 6.05. The van der Waals surface area contributed by atoms with Crippen LogP contribution in [0.2, 0.25) is 0 Å². The van der Waals surface area contributed by atoms with Crippen molar-refractivity contribution in [3.05, 3.63) is 23.3 Å². The van der Waals surface area contributed by atoms with Gasteiger partial charge in [-0.25, -0.2) is 13.1 Å². The van der Waals surface area contributed by atoms with Gasteiger partial charge in [-0.15, -0.1) is 0 Å². The number of benzene rings is 1. The molecule has 6 nitrogen and oxygen atoms in total. The van der Waals surface area contributed by atoms with E-state index >= 15 is 0 Å². The summed E-state index contributed by atoms with van der Waals surface area (Å²) >= 11 is 0. The lowest BCUT2D eigenvalue weighted by molar-refractivity contribution is -0.121. The summed E-state index contributed by atoms with van der Waals surface area (Å²) in [6, 6.07) is 3.31. The smallest absolute Gasteiger partial charge is 0.241 e. The van der Waals surface area contributed by atoms with Crippen LogP contribution in [-0.2, 0) is 14.8 Å². The van der Waals surface area contributed by atoms with Crippen LogP contribution >= 0.6 is 0 Å². The molecule has 0 bridgehead atoms. The highest BCUT2D eigenvalue weighted by Crippen LogP contribution is 2.24. The van der Waals surface area contributed by atoms with Crippen molar-refractivity contribution >= 4 is 21.6 Å². The maximum absolute atomic E-state index is 12.3. The van der Waals surface area contributed by atoms with Crippen molar-refractivity contribution in [2.75, 3.05) is 12.3 Å². The van der Waals surface area contributed by atoms with Crippen molar-refractivity contribution in [1.29, 1.82) is 0 Å². The summed E-state index contributed by atoms with van der Waals surface area (Å²) in [6.45, 7) is 8.50. The first-order valence-electron chi connectivity index (χ1n) is 6.60. The highest BCUT2D eigenvalue weighted by molar-refractivity contribution is 7.89. The molecule has 0 saturated carbocycles. The number of hydrogen-bond acceptors (Lipinski definition) is 4. The average Bonchev–Trinajstić information content (AvgIpc) is 2.30. The van der Waals surface area contributed by atoms with E-state index in [2.05, 4.69) is 10.0 Å². The predicted octanol–water partition coefficient (Wildman–Crippen LogP) is 1.08. The summed E-state index contributed by atoms with van der Waals surface area (Å²) in [5.41, 5.74) is 6.82. The summed E-state index contributed by atoms with van der Waals surface area (Å²) < 4.78 is 27.0. The van der Waals surface area contributed by atoms with Gasteiger partial charge < -0.3 is 11.1 Å². The van der Waals surface area contributed by atoms with Gasteiger partial charge in [-0.05, 0) is 51.8 Å². The molecule has 118 valence electrons. The van der Waals surface area contributed by atoms with Gasteiger partial charge in [-0.2, -0.15) is 0 Å². The number of amides is 1. The van der Waals surface area contributed by atoms with Crippen molar-refractivity contribution < 1.29 is 13.2 Å². The Morgan fingerprint density at radius 3 is 2.33 bits per heavy atom. The molecule has 0 aliphatic rings. The lowest BCUT2D eigenvalue weighted by atomic mass is 10.1. The van der Waals surface area contributed by atoms with E-state index in [1.165, 1.54) is 0 Å². The van der Waals surface area contributed by atoms with E-state index in [1.807, 2.05) is 20.8 Å². The van der Waals surface area contributed by atoms with Crippen LogP contribution in [0.5, 0.6) is 0 Å². The molecule has 1 aromatic carbocycles. The minimum atomic E-state index is -3.79. The van der Waals surface area contributed by atoms with Crippen LogP contribution in [0.15, 0.2) is 17.0 Å². The van der Waals surface area contributed by atoms with Crippen molar-refractivity contribution in [1.82, 2.24) is 10.0 Å². The molecule has 0 aliphatic carbocycles. The Bertz CT molecular complexity index is 646. The van der Waals surface area contributed by atoms with Crippen LogP contribution in [0.3, 0.4) is 0 Å². The Hall–Kier alpha value is -1.60. The molecule has 21 heavy (non-hydrogen) atoms. The lowest BCUT2D eigenvalue weighted by Crippen LogP contribution is -2.45. The van der Waals surface area contributed by atoms with Gasteiger partial charge in [0.1, 0.15) is 0 Å². The van der Waals surface area contributed by atoms with Gasteiger partial charge in [0.05, 0.1) is 11.4 Å². The maximum atomic E-state index is 12.3. The van der Waals surface area contributed by atoms with Crippen LogP contribution in [0, 0.1) is 13.8 Å². The zero-order chi connectivity index (χ0) is 16.4. The van der Waals surface area contributed by atoms with Crippen LogP contribution in [0.1, 0.15) is 31.9 Å². The lowest BCUT2D eigenvalue weighted by Gasteiger charge is -2.21. The molecular formula is C14H23N3O3S. The molecule has 0 atom stereocenters. The van der Waals surface area contributed by atoms with Crippen LogP contribution in [0.25, 0.3) is 0 Å². The van der Waals surface area contributed by atoms with Gasteiger partial charge in [0.15, 0.2) is 0 Å². The fourth-order valence-corrected chi connectivity index (χ4v) is 3.43. The van der Waals surface area contributed by atoms with E-state index in [9.17, 15) is 13.2 Å². The second-order valence-corrected chi connectivity index (χ2v) is 7.75. The number of rotatable bonds is 4. The van der Waals surface area contributed by atoms with Crippen molar-refractivity contribution in [3.8, 4) is 0 Å². The molecule has 1 rings (SSSR count). The van der Waals surface area contributed by atoms with E-state index in [0.717, 1.165) is 0 Å². The summed E-state index contributed by atoms with van der Waals surface area (Å²) in [5, 5.41) is 2.69. The molecular weight excluding hydrogens is 290 g/mol. The second kappa shape index (κ2) is 6.03. The number of hydrogen-bond donors (Lipinski definition) is 3. The first-order chi connectivity index (χ1) is 9.44. The minimum absolute atomic E-state index is 0.131. The fraction of sp³-hybridized carbons (Fsp3) is 0.500. The largest absolute Gasteiger partial charge is 0.398 e. The Morgan fingerprint density at radius 2 is 1.81 bits per heavy atom. The highest BCUT2D eigenvalue weighted by Gasteiger charge is 2.22. The van der Waals surface area contributed by atoms with Crippen LogP contribution in [-0.4, -0.2) is 26.4 Å². The van der Waals surface area contributed by atoms with Gasteiger partial charge in [0.2, 0.25) is 15.9 Å². The molecule has 0 unspecified atom stereocenters. The Balaban J connectivity index is 2.94. The molecule has 0 radical (unpaired) electrons. The minimum Gasteiger partial charge on any atom is -0.398 e. The molecule has 0 fully saturated rings. The SMILES string of the molecule is Cc1ccc(N)c(C)c1S(=O)(=O)NCC(=O)NC(C)(C)C. The summed E-state index contributed by atoms with van der Waals surface area (Å²) in [6.07, 6.45) is 0. The van der Waals surface area contributed by atoms with Gasteiger partial charge in [-0.1, -0.05) is 6.07 Å². The first-order valence-corrected chi connectivity index (χ1v) is 8.09. The number of sulfonamides is 1. The Kier molecular flexibility index (Phi) is 5.01. The third-order valence-corrected chi connectivity index (χ3v) is 4.54.